The summed E-state index contributed by atoms with van der Waals surface area (Å²) in [7, 11) is -3.79. The normalized spacial score (nSPS) is 15.0. The minimum atomic E-state index is -3.79. The van der Waals surface area contributed by atoms with E-state index < -0.39 is 19.7 Å². The Morgan fingerprint density at radius 3 is 1.29 bits per heavy atom. The summed E-state index contributed by atoms with van der Waals surface area (Å²) in [5, 5.41) is 22.4. The third-order valence-electron chi connectivity index (χ3n) is 2.52. The molecule has 0 aromatic carbocycles. The number of sulfone groups is 1. The lowest BCUT2D eigenvalue weighted by molar-refractivity contribution is -0.403. The molecular weight excluding hydrogens is 300 g/mol. The zero-order chi connectivity index (χ0) is 16.8. The van der Waals surface area contributed by atoms with E-state index in [4.69, 9.17) is 0 Å². The van der Waals surface area contributed by atoms with Gasteiger partial charge in [-0.1, -0.05) is 0 Å². The maximum absolute atomic E-state index is 11.9. The molecule has 21 heavy (non-hydrogen) atoms. The number of nitrogens with zero attached hydrogens (tertiary/aromatic N) is 2. The van der Waals surface area contributed by atoms with Gasteiger partial charge in [-0.25, -0.2) is 8.42 Å². The lowest BCUT2D eigenvalue weighted by atomic mass is 10.2. The van der Waals surface area contributed by atoms with Crippen LogP contribution in [-0.2, 0) is 9.84 Å². The molecule has 0 N–H and O–H groups in total. The van der Waals surface area contributed by atoms with Crippen molar-refractivity contribution in [2.45, 2.75) is 27.7 Å². The van der Waals surface area contributed by atoms with Gasteiger partial charge in [-0.3, -0.25) is 20.2 Å². The molecule has 0 aliphatic carbocycles. The van der Waals surface area contributed by atoms with Crippen LogP contribution in [0, 0.1) is 20.2 Å². The summed E-state index contributed by atoms with van der Waals surface area (Å²) in [4.78, 5) is 19.3. The van der Waals surface area contributed by atoms with Crippen LogP contribution >= 0.6 is 0 Å². The number of hydrogen-bond donors (Lipinski definition) is 0. The van der Waals surface area contributed by atoms with Crippen LogP contribution in [0.15, 0.2) is 45.5 Å². The molecule has 0 saturated heterocycles. The van der Waals surface area contributed by atoms with Gasteiger partial charge in [0.15, 0.2) is 9.84 Å². The highest BCUT2D eigenvalue weighted by atomic mass is 32.2. The van der Waals surface area contributed by atoms with Crippen molar-refractivity contribution in [1.82, 2.24) is 0 Å². The summed E-state index contributed by atoms with van der Waals surface area (Å²) in [5.41, 5.74) is 0.831. The van der Waals surface area contributed by atoms with Crippen LogP contribution in [0.2, 0.25) is 0 Å². The highest BCUT2D eigenvalue weighted by Gasteiger charge is 2.09. The van der Waals surface area contributed by atoms with Gasteiger partial charge < -0.3 is 0 Å². The monoisotopic (exact) mass is 316 g/mol. The van der Waals surface area contributed by atoms with Crippen molar-refractivity contribution in [2.24, 2.45) is 0 Å². The molecule has 116 valence electrons. The molecule has 0 heterocycles. The number of rotatable bonds is 6. The predicted molar refractivity (Wildman–Crippen MR) is 77.9 cm³/mol. The zero-order valence-electron chi connectivity index (χ0n) is 12.1. The second kappa shape index (κ2) is 7.48. The third kappa shape index (κ3) is 7.78. The largest absolute Gasteiger partial charge is 0.259 e. The van der Waals surface area contributed by atoms with Gasteiger partial charge in [0.2, 0.25) is 12.4 Å². The Balaban J connectivity index is 5.53. The van der Waals surface area contributed by atoms with Gasteiger partial charge in [0.05, 0.1) is 9.85 Å². The molecule has 0 bridgehead atoms. The van der Waals surface area contributed by atoms with E-state index in [-0.39, 0.29) is 22.3 Å². The Hall–Kier alpha value is -2.29. The Labute approximate surface area is 122 Å². The van der Waals surface area contributed by atoms with Crippen LogP contribution in [0.25, 0.3) is 0 Å². The van der Waals surface area contributed by atoms with Crippen LogP contribution in [0.5, 0.6) is 0 Å². The number of allylic oxidation sites excluding steroid dienone is 4. The van der Waals surface area contributed by atoms with E-state index in [1.165, 1.54) is 27.7 Å². The topological polar surface area (TPSA) is 120 Å². The summed E-state index contributed by atoms with van der Waals surface area (Å²) >= 11 is 0. The van der Waals surface area contributed by atoms with Crippen molar-refractivity contribution in [2.75, 3.05) is 0 Å². The first-order chi connectivity index (χ1) is 9.44. The molecule has 0 aromatic heterocycles. The van der Waals surface area contributed by atoms with Crippen molar-refractivity contribution in [3.8, 4) is 0 Å². The van der Waals surface area contributed by atoms with E-state index >= 15 is 0 Å². The summed E-state index contributed by atoms with van der Waals surface area (Å²) in [6.45, 7) is 5.68. The quantitative estimate of drug-likeness (QED) is 0.422. The molecule has 0 fully saturated rings. The van der Waals surface area contributed by atoms with Gasteiger partial charge in [-0.15, -0.1) is 0 Å². The third-order valence-corrected chi connectivity index (χ3v) is 3.89. The molecule has 9 heteroatoms. The van der Waals surface area contributed by atoms with E-state index in [1.54, 1.807) is 0 Å². The average molecular weight is 316 g/mol. The van der Waals surface area contributed by atoms with Crippen molar-refractivity contribution in [3.05, 3.63) is 65.7 Å². The number of nitro groups is 2. The second-order valence-electron chi connectivity index (χ2n) is 4.39. The Bertz CT molecular complexity index is 616. The van der Waals surface area contributed by atoms with E-state index in [9.17, 15) is 28.6 Å². The van der Waals surface area contributed by atoms with Crippen LogP contribution in [-0.4, -0.2) is 18.3 Å². The molecule has 0 unspecified atom stereocenters. The van der Waals surface area contributed by atoms with E-state index in [1.807, 2.05) is 0 Å². The Kier molecular flexibility index (Phi) is 6.67. The summed E-state index contributed by atoms with van der Waals surface area (Å²) < 4.78 is 23.8. The predicted octanol–water partition coefficient (Wildman–Crippen LogP) is 2.57. The molecule has 0 aromatic rings. The standard InChI is InChI=1S/C12H16N2O6S/c1-9(5-13(15)16)11(3)7-21(19,20)8-12(4)10(2)6-14(17)18/h5-8H,1-4H3/b9-5+,10-6+,11-7+,12-8+. The number of hydrogen-bond acceptors (Lipinski definition) is 6. The Morgan fingerprint density at radius 1 is 0.762 bits per heavy atom. The van der Waals surface area contributed by atoms with Crippen LogP contribution < -0.4 is 0 Å². The molecule has 8 nitrogen and oxygen atoms in total. The first kappa shape index (κ1) is 18.7. The first-order valence-electron chi connectivity index (χ1n) is 5.71. The van der Waals surface area contributed by atoms with Crippen LogP contribution in [0.3, 0.4) is 0 Å². The fraction of sp³-hybridized carbons (Fsp3) is 0.333. The highest BCUT2D eigenvalue weighted by molar-refractivity contribution is 7.97. The van der Waals surface area contributed by atoms with Gasteiger partial charge in [-0.2, -0.15) is 0 Å². The van der Waals surface area contributed by atoms with E-state index in [2.05, 4.69) is 0 Å². The van der Waals surface area contributed by atoms with Crippen molar-refractivity contribution in [1.29, 1.82) is 0 Å². The van der Waals surface area contributed by atoms with Gasteiger partial charge in [-0.05, 0) is 38.8 Å². The van der Waals surface area contributed by atoms with Gasteiger partial charge in [0.1, 0.15) is 0 Å². The van der Waals surface area contributed by atoms with Crippen molar-refractivity contribution >= 4 is 9.84 Å². The van der Waals surface area contributed by atoms with Gasteiger partial charge >= 0.3 is 0 Å². The lowest BCUT2D eigenvalue weighted by Crippen LogP contribution is -1.97. The fourth-order valence-electron chi connectivity index (χ4n) is 1.23. The van der Waals surface area contributed by atoms with Gasteiger partial charge in [0, 0.05) is 22.0 Å². The van der Waals surface area contributed by atoms with Crippen molar-refractivity contribution in [3.63, 3.8) is 0 Å². The molecule has 0 aliphatic heterocycles. The molecule has 0 rings (SSSR count). The summed E-state index contributed by atoms with van der Waals surface area (Å²) in [5.74, 6) is 0. The minimum absolute atomic E-state index is 0.201. The van der Waals surface area contributed by atoms with E-state index in [0.29, 0.717) is 12.4 Å². The smallest absolute Gasteiger partial charge is 0.237 e. The first-order valence-corrected chi connectivity index (χ1v) is 7.32. The molecule has 0 saturated carbocycles. The molecule has 0 atom stereocenters. The molecule has 0 radical (unpaired) electrons. The molecule has 0 spiro atoms. The fourth-order valence-corrected chi connectivity index (χ4v) is 2.66. The second-order valence-corrected chi connectivity index (χ2v) is 6.04. The zero-order valence-corrected chi connectivity index (χ0v) is 12.9. The summed E-state index contributed by atoms with van der Waals surface area (Å²) in [6.07, 6.45) is 1.41. The Morgan fingerprint density at radius 2 is 1.05 bits per heavy atom. The van der Waals surface area contributed by atoms with Gasteiger partial charge in [0.25, 0.3) is 0 Å². The molecule has 0 aliphatic rings. The summed E-state index contributed by atoms with van der Waals surface area (Å²) in [6, 6.07) is 0. The highest BCUT2D eigenvalue weighted by Crippen LogP contribution is 2.15. The lowest BCUT2D eigenvalue weighted by Gasteiger charge is -2.00. The van der Waals surface area contributed by atoms with Crippen LogP contribution in [0.1, 0.15) is 27.7 Å². The molecular formula is C12H16N2O6S. The maximum atomic E-state index is 11.9. The molecule has 0 amide bonds. The van der Waals surface area contributed by atoms with Crippen LogP contribution in [0.4, 0.5) is 0 Å². The average Bonchev–Trinajstić information content (AvgIpc) is 2.25. The SMILES string of the molecule is CC(=C\[N+](=O)[O-])/C(C)=C/S(=O)(=O)/C=C(C)/C(C)=C/[N+](=O)[O-]. The van der Waals surface area contributed by atoms with Crippen molar-refractivity contribution < 1.29 is 18.3 Å². The minimum Gasteiger partial charge on any atom is -0.259 e. The van der Waals surface area contributed by atoms with E-state index in [0.717, 1.165) is 10.8 Å². The maximum Gasteiger partial charge on any atom is 0.237 e.